The molecule has 0 unspecified atom stereocenters. The highest BCUT2D eigenvalue weighted by molar-refractivity contribution is 5.32. The first kappa shape index (κ1) is 11.0. The number of hydrogen-bond acceptors (Lipinski definition) is 4. The molecule has 1 saturated carbocycles. The molecular weight excluding hydrogens is 214 g/mol. The van der Waals surface area contributed by atoms with Gasteiger partial charge in [-0.2, -0.15) is 0 Å². The lowest BCUT2D eigenvalue weighted by Gasteiger charge is -2.32. The van der Waals surface area contributed by atoms with Crippen LogP contribution in [0, 0.1) is 0 Å². The second-order valence-electron chi connectivity index (χ2n) is 5.19. The van der Waals surface area contributed by atoms with Crippen LogP contribution in [0.15, 0.2) is 18.6 Å². The summed E-state index contributed by atoms with van der Waals surface area (Å²) < 4.78 is 6.06. The fraction of sp³-hybridized carbons (Fsp3) is 0.692. The van der Waals surface area contributed by atoms with E-state index < -0.39 is 0 Å². The van der Waals surface area contributed by atoms with Gasteiger partial charge in [0, 0.05) is 12.4 Å². The van der Waals surface area contributed by atoms with E-state index in [1.807, 2.05) is 0 Å². The molecule has 0 amide bonds. The van der Waals surface area contributed by atoms with Crippen LogP contribution in [0.2, 0.25) is 0 Å². The predicted molar refractivity (Wildman–Crippen MR) is 65.8 cm³/mol. The van der Waals surface area contributed by atoms with Gasteiger partial charge in [0.05, 0.1) is 24.4 Å². The lowest BCUT2D eigenvalue weighted by atomic mass is 9.82. The quantitative estimate of drug-likeness (QED) is 0.852. The summed E-state index contributed by atoms with van der Waals surface area (Å²) in [5.41, 5.74) is 0.165. The van der Waals surface area contributed by atoms with Crippen LogP contribution in [0.1, 0.15) is 38.5 Å². The lowest BCUT2D eigenvalue weighted by molar-refractivity contribution is -0.0244. The third-order valence-corrected chi connectivity index (χ3v) is 3.89. The molecule has 17 heavy (non-hydrogen) atoms. The van der Waals surface area contributed by atoms with Gasteiger partial charge in [0.15, 0.2) is 0 Å². The number of rotatable bonds is 2. The molecule has 1 N–H and O–H groups in total. The molecule has 1 aliphatic heterocycles. The number of ether oxygens (including phenoxy) is 1. The maximum Gasteiger partial charge on any atom is 0.144 e. The minimum Gasteiger partial charge on any atom is -0.373 e. The maximum atomic E-state index is 6.06. The molecule has 4 nitrogen and oxygen atoms in total. The fourth-order valence-electron chi connectivity index (χ4n) is 3.06. The van der Waals surface area contributed by atoms with Crippen molar-refractivity contribution in [3.8, 4) is 0 Å². The third kappa shape index (κ3) is 2.41. The highest BCUT2D eigenvalue weighted by atomic mass is 16.5. The highest BCUT2D eigenvalue weighted by Gasteiger charge is 2.41. The summed E-state index contributed by atoms with van der Waals surface area (Å²) in [5, 5.41) is 3.41. The summed E-state index contributed by atoms with van der Waals surface area (Å²) in [6.45, 7) is 0.802. The first-order valence-electron chi connectivity index (χ1n) is 6.53. The molecule has 1 aromatic rings. The Labute approximate surface area is 102 Å². The van der Waals surface area contributed by atoms with Gasteiger partial charge in [0.25, 0.3) is 0 Å². The van der Waals surface area contributed by atoms with Gasteiger partial charge in [-0.15, -0.1) is 0 Å². The van der Waals surface area contributed by atoms with Crippen LogP contribution in [0.3, 0.4) is 0 Å². The summed E-state index contributed by atoms with van der Waals surface area (Å²) >= 11 is 0. The van der Waals surface area contributed by atoms with E-state index in [1.165, 1.54) is 32.1 Å². The van der Waals surface area contributed by atoms with Gasteiger partial charge in [-0.3, -0.25) is 4.98 Å². The zero-order chi connectivity index (χ0) is 11.6. The van der Waals surface area contributed by atoms with Crippen LogP contribution >= 0.6 is 0 Å². The van der Waals surface area contributed by atoms with Crippen LogP contribution in [0.5, 0.6) is 0 Å². The minimum atomic E-state index is 0.165. The van der Waals surface area contributed by atoms with Crippen molar-refractivity contribution in [3.05, 3.63) is 18.6 Å². The summed E-state index contributed by atoms with van der Waals surface area (Å²) in [4.78, 5) is 8.31. The lowest BCUT2D eigenvalue weighted by Crippen LogP contribution is -2.31. The number of nitrogens with one attached hydrogen (secondary N) is 1. The standard InChI is InChI=1S/C13H19N3O/c1-2-4-13(5-3-1)8-11(10-17-13)16-12-9-14-6-7-15-12/h6-7,9,11H,1-5,8,10H2,(H,15,16)/t11-/m1/s1. The molecule has 1 aromatic heterocycles. The first-order chi connectivity index (χ1) is 8.36. The molecule has 3 rings (SSSR count). The SMILES string of the molecule is c1cnc(N[C@H]2COC3(CCCCC3)C2)cn1. The number of aromatic nitrogens is 2. The number of nitrogens with zero attached hydrogens (tertiary/aromatic N) is 2. The van der Waals surface area contributed by atoms with E-state index in [1.54, 1.807) is 18.6 Å². The van der Waals surface area contributed by atoms with Gasteiger partial charge < -0.3 is 10.1 Å². The van der Waals surface area contributed by atoms with Crippen molar-refractivity contribution in [3.63, 3.8) is 0 Å². The van der Waals surface area contributed by atoms with E-state index in [0.29, 0.717) is 6.04 Å². The van der Waals surface area contributed by atoms with Crippen LogP contribution in [-0.4, -0.2) is 28.2 Å². The largest absolute Gasteiger partial charge is 0.373 e. The Kier molecular flexibility index (Phi) is 2.97. The monoisotopic (exact) mass is 233 g/mol. The average molecular weight is 233 g/mol. The molecule has 92 valence electrons. The molecule has 1 atom stereocenters. The van der Waals surface area contributed by atoms with Crippen molar-refractivity contribution in [1.29, 1.82) is 0 Å². The maximum absolute atomic E-state index is 6.06. The highest BCUT2D eigenvalue weighted by Crippen LogP contribution is 2.39. The van der Waals surface area contributed by atoms with Gasteiger partial charge in [-0.1, -0.05) is 19.3 Å². The third-order valence-electron chi connectivity index (χ3n) is 3.89. The van der Waals surface area contributed by atoms with Gasteiger partial charge in [0.1, 0.15) is 5.82 Å². The summed E-state index contributed by atoms with van der Waals surface area (Å²) in [7, 11) is 0. The molecule has 1 spiro atoms. The van der Waals surface area contributed by atoms with E-state index in [9.17, 15) is 0 Å². The Bertz CT molecular complexity index is 362. The van der Waals surface area contributed by atoms with E-state index in [4.69, 9.17) is 4.74 Å². The normalized spacial score (nSPS) is 27.2. The Morgan fingerprint density at radius 2 is 2.12 bits per heavy atom. The smallest absolute Gasteiger partial charge is 0.144 e. The van der Waals surface area contributed by atoms with Crippen molar-refractivity contribution in [1.82, 2.24) is 9.97 Å². The van der Waals surface area contributed by atoms with Crippen LogP contribution < -0.4 is 5.32 Å². The first-order valence-corrected chi connectivity index (χ1v) is 6.53. The van der Waals surface area contributed by atoms with E-state index >= 15 is 0 Å². The Balaban J connectivity index is 1.60. The Morgan fingerprint density at radius 1 is 1.24 bits per heavy atom. The molecule has 0 aromatic carbocycles. The molecule has 0 bridgehead atoms. The molecule has 2 heterocycles. The molecule has 0 radical (unpaired) electrons. The molecular formula is C13H19N3O. The van der Waals surface area contributed by atoms with E-state index in [2.05, 4.69) is 15.3 Å². The van der Waals surface area contributed by atoms with Crippen LogP contribution in [0.4, 0.5) is 5.82 Å². The zero-order valence-corrected chi connectivity index (χ0v) is 10.1. The van der Waals surface area contributed by atoms with E-state index in [-0.39, 0.29) is 5.60 Å². The average Bonchev–Trinajstić information content (AvgIpc) is 2.74. The molecule has 2 fully saturated rings. The van der Waals surface area contributed by atoms with Gasteiger partial charge in [-0.25, -0.2) is 4.98 Å². The summed E-state index contributed by atoms with van der Waals surface area (Å²) in [5.74, 6) is 0.856. The molecule has 4 heteroatoms. The fourth-order valence-corrected chi connectivity index (χ4v) is 3.06. The Hall–Kier alpha value is -1.16. The summed E-state index contributed by atoms with van der Waals surface area (Å²) in [6, 6.07) is 0.393. The zero-order valence-electron chi connectivity index (χ0n) is 10.1. The second-order valence-corrected chi connectivity index (χ2v) is 5.19. The number of anilines is 1. The number of hydrogen-bond donors (Lipinski definition) is 1. The van der Waals surface area contributed by atoms with E-state index in [0.717, 1.165) is 18.8 Å². The molecule has 1 aliphatic carbocycles. The van der Waals surface area contributed by atoms with Crippen LogP contribution in [-0.2, 0) is 4.74 Å². The van der Waals surface area contributed by atoms with Crippen molar-refractivity contribution < 1.29 is 4.74 Å². The summed E-state index contributed by atoms with van der Waals surface area (Å²) in [6.07, 6.45) is 12.8. The van der Waals surface area contributed by atoms with Crippen molar-refractivity contribution in [2.45, 2.75) is 50.2 Å². The predicted octanol–water partition coefficient (Wildman–Crippen LogP) is 2.38. The second kappa shape index (κ2) is 4.61. The molecule has 1 saturated heterocycles. The molecule has 2 aliphatic rings. The van der Waals surface area contributed by atoms with Crippen molar-refractivity contribution in [2.24, 2.45) is 0 Å². The van der Waals surface area contributed by atoms with Crippen LogP contribution in [0.25, 0.3) is 0 Å². The van der Waals surface area contributed by atoms with Crippen molar-refractivity contribution in [2.75, 3.05) is 11.9 Å². The Morgan fingerprint density at radius 3 is 2.88 bits per heavy atom. The van der Waals surface area contributed by atoms with Gasteiger partial charge in [-0.05, 0) is 19.3 Å². The topological polar surface area (TPSA) is 47.0 Å². The van der Waals surface area contributed by atoms with Crippen molar-refractivity contribution >= 4 is 5.82 Å². The minimum absolute atomic E-state index is 0.165. The van der Waals surface area contributed by atoms with Gasteiger partial charge >= 0.3 is 0 Å². The van der Waals surface area contributed by atoms with Gasteiger partial charge in [0.2, 0.25) is 0 Å².